The molecule has 0 saturated heterocycles. The summed E-state index contributed by atoms with van der Waals surface area (Å²) in [5.41, 5.74) is 0.872. The molecule has 0 unspecified atom stereocenters. The van der Waals surface area contributed by atoms with E-state index in [9.17, 15) is 13.2 Å². The normalized spacial score (nSPS) is 16.1. The summed E-state index contributed by atoms with van der Waals surface area (Å²) < 4.78 is 37.8. The molecule has 1 aromatic rings. The zero-order valence-electron chi connectivity index (χ0n) is 11.6. The number of hydrogen-bond donors (Lipinski definition) is 1. The average Bonchev–Trinajstić information content (AvgIpc) is 2.38. The molecule has 1 aliphatic rings. The van der Waals surface area contributed by atoms with Crippen LogP contribution in [0.15, 0.2) is 23.2 Å². The maximum absolute atomic E-state index is 12.6. The number of alkyl halides is 3. The van der Waals surface area contributed by atoms with Gasteiger partial charge in [0, 0.05) is 26.7 Å². The third kappa shape index (κ3) is 3.43. The van der Waals surface area contributed by atoms with Gasteiger partial charge in [-0.05, 0) is 36.6 Å². The van der Waals surface area contributed by atoms with Gasteiger partial charge in [-0.25, -0.2) is 0 Å². The molecule has 0 spiro atoms. The summed E-state index contributed by atoms with van der Waals surface area (Å²) in [6, 6.07) is 3.83. The molecule has 1 aliphatic heterocycles. The van der Waals surface area contributed by atoms with E-state index in [1.807, 2.05) is 11.9 Å². The van der Waals surface area contributed by atoms with Crippen LogP contribution in [-0.2, 0) is 12.7 Å². The van der Waals surface area contributed by atoms with Crippen LogP contribution in [-0.4, -0.2) is 31.0 Å². The second-order valence-corrected chi connectivity index (χ2v) is 4.97. The highest BCUT2D eigenvalue weighted by atomic mass is 19.4. The van der Waals surface area contributed by atoms with Crippen molar-refractivity contribution in [2.75, 3.05) is 20.1 Å². The fourth-order valence-electron chi connectivity index (χ4n) is 2.16. The Bertz CT molecular complexity index is 509. The molecule has 0 bridgehead atoms. The summed E-state index contributed by atoms with van der Waals surface area (Å²) in [6.45, 7) is 3.91. The molecule has 0 radical (unpaired) electrons. The molecule has 110 valence electrons. The van der Waals surface area contributed by atoms with Crippen molar-refractivity contribution >= 4 is 5.96 Å². The minimum absolute atomic E-state index is 0.479. The fraction of sp³-hybridized carbons (Fsp3) is 0.500. The lowest BCUT2D eigenvalue weighted by Gasteiger charge is -2.26. The third-order valence-corrected chi connectivity index (χ3v) is 3.38. The Morgan fingerprint density at radius 3 is 2.70 bits per heavy atom. The number of rotatable bonds is 2. The molecule has 1 aromatic carbocycles. The second kappa shape index (κ2) is 5.73. The molecule has 0 aromatic heterocycles. The first-order chi connectivity index (χ1) is 9.38. The predicted molar refractivity (Wildman–Crippen MR) is 72.6 cm³/mol. The number of aryl methyl sites for hydroxylation is 1. The predicted octanol–water partition coefficient (Wildman–Crippen LogP) is 2.79. The van der Waals surface area contributed by atoms with Crippen LogP contribution in [0.5, 0.6) is 0 Å². The molecule has 1 heterocycles. The van der Waals surface area contributed by atoms with Gasteiger partial charge in [0.15, 0.2) is 5.96 Å². The van der Waals surface area contributed by atoms with Gasteiger partial charge in [-0.15, -0.1) is 0 Å². The molecule has 3 nitrogen and oxygen atoms in total. The van der Waals surface area contributed by atoms with Gasteiger partial charge in [-0.2, -0.15) is 13.2 Å². The summed E-state index contributed by atoms with van der Waals surface area (Å²) in [5.74, 6) is 0.801. The Morgan fingerprint density at radius 2 is 2.10 bits per heavy atom. The molecule has 0 saturated carbocycles. The SMILES string of the molecule is Cc1cc(C(F)(F)F)ccc1CNC1=NCCCN1C. The first-order valence-corrected chi connectivity index (χ1v) is 6.54. The molecular weight excluding hydrogens is 267 g/mol. The first kappa shape index (κ1) is 14.7. The van der Waals surface area contributed by atoms with Crippen LogP contribution in [0.2, 0.25) is 0 Å². The third-order valence-electron chi connectivity index (χ3n) is 3.38. The van der Waals surface area contributed by atoms with Crippen molar-refractivity contribution in [3.05, 3.63) is 34.9 Å². The van der Waals surface area contributed by atoms with Crippen LogP contribution < -0.4 is 5.32 Å². The minimum Gasteiger partial charge on any atom is -0.352 e. The summed E-state index contributed by atoms with van der Waals surface area (Å²) in [7, 11) is 1.95. The van der Waals surface area contributed by atoms with E-state index in [0.29, 0.717) is 12.1 Å². The summed E-state index contributed by atoms with van der Waals surface area (Å²) in [4.78, 5) is 6.38. The Balaban J connectivity index is 2.05. The Labute approximate surface area is 116 Å². The van der Waals surface area contributed by atoms with Gasteiger partial charge in [0.05, 0.1) is 5.56 Å². The van der Waals surface area contributed by atoms with Gasteiger partial charge in [0.25, 0.3) is 0 Å². The van der Waals surface area contributed by atoms with Crippen molar-refractivity contribution in [3.8, 4) is 0 Å². The van der Waals surface area contributed by atoms with Gasteiger partial charge in [0.2, 0.25) is 0 Å². The van der Waals surface area contributed by atoms with E-state index in [1.165, 1.54) is 12.1 Å². The van der Waals surface area contributed by atoms with Crippen LogP contribution in [0, 0.1) is 6.92 Å². The fourth-order valence-corrected chi connectivity index (χ4v) is 2.16. The molecule has 1 N–H and O–H groups in total. The number of halogens is 3. The number of aliphatic imine (C=N–C) groups is 1. The van der Waals surface area contributed by atoms with Crippen molar-refractivity contribution in [3.63, 3.8) is 0 Å². The van der Waals surface area contributed by atoms with Crippen molar-refractivity contribution < 1.29 is 13.2 Å². The van der Waals surface area contributed by atoms with Crippen molar-refractivity contribution in [2.24, 2.45) is 4.99 Å². The largest absolute Gasteiger partial charge is 0.416 e. The highest BCUT2D eigenvalue weighted by Crippen LogP contribution is 2.30. The maximum atomic E-state index is 12.6. The Kier molecular flexibility index (Phi) is 4.20. The van der Waals surface area contributed by atoms with Gasteiger partial charge < -0.3 is 10.2 Å². The highest BCUT2D eigenvalue weighted by Gasteiger charge is 2.30. The summed E-state index contributed by atoms with van der Waals surface area (Å²) in [5, 5.41) is 3.18. The lowest BCUT2D eigenvalue weighted by molar-refractivity contribution is -0.137. The van der Waals surface area contributed by atoms with Gasteiger partial charge in [0.1, 0.15) is 0 Å². The monoisotopic (exact) mass is 285 g/mol. The van der Waals surface area contributed by atoms with E-state index in [-0.39, 0.29) is 0 Å². The van der Waals surface area contributed by atoms with E-state index in [4.69, 9.17) is 0 Å². The summed E-state index contributed by atoms with van der Waals surface area (Å²) in [6.07, 6.45) is -3.26. The topological polar surface area (TPSA) is 27.6 Å². The van der Waals surface area contributed by atoms with Crippen molar-refractivity contribution in [2.45, 2.75) is 26.1 Å². The quantitative estimate of drug-likeness (QED) is 0.905. The molecule has 0 fully saturated rings. The molecule has 0 amide bonds. The number of nitrogens with one attached hydrogen (secondary N) is 1. The summed E-state index contributed by atoms with van der Waals surface area (Å²) >= 11 is 0. The Hall–Kier alpha value is -1.72. The minimum atomic E-state index is -4.29. The zero-order chi connectivity index (χ0) is 14.8. The van der Waals surface area contributed by atoms with E-state index in [2.05, 4.69) is 10.3 Å². The second-order valence-electron chi connectivity index (χ2n) is 4.97. The van der Waals surface area contributed by atoms with E-state index < -0.39 is 11.7 Å². The molecule has 0 atom stereocenters. The van der Waals surface area contributed by atoms with Crippen LogP contribution in [0.1, 0.15) is 23.1 Å². The van der Waals surface area contributed by atoms with E-state index in [1.54, 1.807) is 6.92 Å². The first-order valence-electron chi connectivity index (χ1n) is 6.54. The zero-order valence-corrected chi connectivity index (χ0v) is 11.6. The van der Waals surface area contributed by atoms with E-state index in [0.717, 1.165) is 37.1 Å². The molecular formula is C14H18F3N3. The maximum Gasteiger partial charge on any atom is 0.416 e. The molecule has 0 aliphatic carbocycles. The molecule has 20 heavy (non-hydrogen) atoms. The smallest absolute Gasteiger partial charge is 0.352 e. The van der Waals surface area contributed by atoms with Crippen molar-refractivity contribution in [1.82, 2.24) is 10.2 Å². The van der Waals surface area contributed by atoms with Crippen molar-refractivity contribution in [1.29, 1.82) is 0 Å². The number of hydrogen-bond acceptors (Lipinski definition) is 3. The van der Waals surface area contributed by atoms with Crippen LogP contribution in [0.4, 0.5) is 13.2 Å². The van der Waals surface area contributed by atoms with Gasteiger partial charge in [-0.1, -0.05) is 6.07 Å². The molecule has 6 heteroatoms. The number of nitrogens with zero attached hydrogens (tertiary/aromatic N) is 2. The van der Waals surface area contributed by atoms with Crippen LogP contribution in [0.3, 0.4) is 0 Å². The highest BCUT2D eigenvalue weighted by molar-refractivity contribution is 5.80. The Morgan fingerprint density at radius 1 is 1.35 bits per heavy atom. The van der Waals surface area contributed by atoms with Crippen LogP contribution >= 0.6 is 0 Å². The standard InChI is InChI=1S/C14H18F3N3/c1-10-8-12(14(15,16)17)5-4-11(10)9-19-13-18-6-3-7-20(13)2/h4-5,8H,3,6-7,9H2,1-2H3,(H,18,19). The number of benzene rings is 1. The van der Waals surface area contributed by atoms with Gasteiger partial charge >= 0.3 is 6.18 Å². The lowest BCUT2D eigenvalue weighted by atomic mass is 10.0. The molecule has 2 rings (SSSR count). The van der Waals surface area contributed by atoms with E-state index >= 15 is 0 Å². The average molecular weight is 285 g/mol. The van der Waals surface area contributed by atoms with Gasteiger partial charge in [-0.3, -0.25) is 4.99 Å². The number of guanidine groups is 1. The van der Waals surface area contributed by atoms with Crippen LogP contribution in [0.25, 0.3) is 0 Å². The lowest BCUT2D eigenvalue weighted by Crippen LogP contribution is -2.41.